The van der Waals surface area contributed by atoms with E-state index in [1.165, 1.54) is 19.1 Å². The average molecular weight is 264 g/mol. The number of rotatable bonds is 4. The van der Waals surface area contributed by atoms with E-state index in [0.29, 0.717) is 6.54 Å². The van der Waals surface area contributed by atoms with E-state index in [0.717, 1.165) is 5.69 Å². The van der Waals surface area contributed by atoms with E-state index in [-0.39, 0.29) is 11.3 Å². The van der Waals surface area contributed by atoms with Gasteiger partial charge in [0.2, 0.25) is 5.82 Å². The van der Waals surface area contributed by atoms with Crippen LogP contribution in [0.25, 0.3) is 0 Å². The minimum Gasteiger partial charge on any atom is -0.374 e. The van der Waals surface area contributed by atoms with Crippen LogP contribution in [0.2, 0.25) is 0 Å². The lowest BCUT2D eigenvalue weighted by molar-refractivity contribution is -0.386. The van der Waals surface area contributed by atoms with Crippen LogP contribution < -0.4 is 5.32 Å². The fourth-order valence-electron chi connectivity index (χ4n) is 1.73. The molecule has 0 atom stereocenters. The molecule has 0 bridgehead atoms. The van der Waals surface area contributed by atoms with Crippen LogP contribution in [0.5, 0.6) is 0 Å². The normalized spacial score (nSPS) is 10.5. The zero-order chi connectivity index (χ0) is 14.0. The molecule has 100 valence electrons. The van der Waals surface area contributed by atoms with Crippen molar-refractivity contribution in [2.75, 3.05) is 5.32 Å². The lowest BCUT2D eigenvalue weighted by Crippen LogP contribution is -2.06. The monoisotopic (exact) mass is 264 g/mol. The summed E-state index contributed by atoms with van der Waals surface area (Å²) in [6, 6.07) is 4.78. The second kappa shape index (κ2) is 5.05. The summed E-state index contributed by atoms with van der Waals surface area (Å²) in [5.74, 6) is -0.809. The summed E-state index contributed by atoms with van der Waals surface area (Å²) >= 11 is 0. The molecule has 0 radical (unpaired) electrons. The number of anilines is 1. The molecule has 7 heteroatoms. The first-order valence-corrected chi connectivity index (χ1v) is 5.65. The third-order valence-electron chi connectivity index (χ3n) is 2.72. The van der Waals surface area contributed by atoms with Crippen LogP contribution in [-0.4, -0.2) is 14.7 Å². The smallest absolute Gasteiger partial charge is 0.327 e. The molecule has 0 aliphatic heterocycles. The van der Waals surface area contributed by atoms with E-state index in [1.54, 1.807) is 24.0 Å². The van der Waals surface area contributed by atoms with Crippen LogP contribution in [0.4, 0.5) is 15.8 Å². The summed E-state index contributed by atoms with van der Waals surface area (Å²) in [5, 5.41) is 17.9. The van der Waals surface area contributed by atoms with E-state index < -0.39 is 16.4 Å². The highest BCUT2D eigenvalue weighted by Gasteiger charge is 2.21. The molecule has 0 aliphatic rings. The van der Waals surface area contributed by atoms with Gasteiger partial charge in [-0.2, -0.15) is 9.49 Å². The van der Waals surface area contributed by atoms with Crippen molar-refractivity contribution in [1.29, 1.82) is 0 Å². The first-order chi connectivity index (χ1) is 8.99. The molecule has 0 aliphatic carbocycles. The number of nitro groups is 1. The van der Waals surface area contributed by atoms with E-state index in [2.05, 4.69) is 10.4 Å². The van der Waals surface area contributed by atoms with Crippen LogP contribution in [-0.2, 0) is 13.6 Å². The molecular formula is C12H13FN4O2. The Morgan fingerprint density at radius 1 is 1.47 bits per heavy atom. The third-order valence-corrected chi connectivity index (χ3v) is 2.72. The lowest BCUT2D eigenvalue weighted by Gasteiger charge is -2.07. The van der Waals surface area contributed by atoms with Gasteiger partial charge in [-0.05, 0) is 24.6 Å². The number of aryl methyl sites for hydroxylation is 2. The molecule has 1 aromatic heterocycles. The number of nitrogens with zero attached hydrogens (tertiary/aromatic N) is 3. The van der Waals surface area contributed by atoms with Gasteiger partial charge in [-0.25, -0.2) is 0 Å². The van der Waals surface area contributed by atoms with Gasteiger partial charge < -0.3 is 5.32 Å². The van der Waals surface area contributed by atoms with Gasteiger partial charge in [-0.3, -0.25) is 14.8 Å². The SMILES string of the molecule is Cc1ccc(NCc2ccn(C)n2)c([N+](=O)[O-])c1F. The minimum atomic E-state index is -0.809. The number of benzene rings is 1. The van der Waals surface area contributed by atoms with Crippen molar-refractivity contribution < 1.29 is 9.31 Å². The molecule has 2 aromatic rings. The zero-order valence-corrected chi connectivity index (χ0v) is 10.6. The molecule has 0 saturated carbocycles. The van der Waals surface area contributed by atoms with Gasteiger partial charge in [0.05, 0.1) is 17.2 Å². The molecule has 0 unspecified atom stereocenters. The molecular weight excluding hydrogens is 251 g/mol. The Morgan fingerprint density at radius 3 is 2.79 bits per heavy atom. The second-order valence-electron chi connectivity index (χ2n) is 4.18. The van der Waals surface area contributed by atoms with Crippen molar-refractivity contribution >= 4 is 11.4 Å². The van der Waals surface area contributed by atoms with Crippen LogP contribution in [0.15, 0.2) is 24.4 Å². The summed E-state index contributed by atoms with van der Waals surface area (Å²) < 4.78 is 15.4. The molecule has 2 rings (SSSR count). The Morgan fingerprint density at radius 2 is 2.21 bits per heavy atom. The highest BCUT2D eigenvalue weighted by molar-refractivity contribution is 5.63. The fraction of sp³-hybridized carbons (Fsp3) is 0.250. The summed E-state index contributed by atoms with van der Waals surface area (Å²) in [6.07, 6.45) is 1.77. The van der Waals surface area contributed by atoms with E-state index in [4.69, 9.17) is 0 Å². The van der Waals surface area contributed by atoms with Crippen molar-refractivity contribution in [3.63, 3.8) is 0 Å². The van der Waals surface area contributed by atoms with Gasteiger partial charge >= 0.3 is 5.69 Å². The van der Waals surface area contributed by atoms with Crippen molar-refractivity contribution in [3.05, 3.63) is 51.6 Å². The van der Waals surface area contributed by atoms with E-state index >= 15 is 0 Å². The first-order valence-electron chi connectivity index (χ1n) is 5.65. The molecule has 0 saturated heterocycles. The Balaban J connectivity index is 2.25. The molecule has 19 heavy (non-hydrogen) atoms. The highest BCUT2D eigenvalue weighted by Crippen LogP contribution is 2.29. The van der Waals surface area contributed by atoms with E-state index in [1.807, 2.05) is 0 Å². The fourth-order valence-corrected chi connectivity index (χ4v) is 1.73. The van der Waals surface area contributed by atoms with Crippen molar-refractivity contribution in [1.82, 2.24) is 9.78 Å². The second-order valence-corrected chi connectivity index (χ2v) is 4.18. The van der Waals surface area contributed by atoms with Crippen molar-refractivity contribution in [2.45, 2.75) is 13.5 Å². The Labute approximate surface area is 109 Å². The largest absolute Gasteiger partial charge is 0.374 e. The summed E-state index contributed by atoms with van der Waals surface area (Å²) in [4.78, 5) is 10.2. The number of nitro benzene ring substituents is 1. The molecule has 1 aromatic carbocycles. The van der Waals surface area contributed by atoms with Gasteiger partial charge in [-0.15, -0.1) is 0 Å². The van der Waals surface area contributed by atoms with Crippen LogP contribution in [0, 0.1) is 22.9 Å². The third kappa shape index (κ3) is 2.70. The quantitative estimate of drug-likeness (QED) is 0.679. The molecule has 6 nitrogen and oxygen atoms in total. The molecule has 0 spiro atoms. The maximum atomic E-state index is 13.7. The Hall–Kier alpha value is -2.44. The predicted molar refractivity (Wildman–Crippen MR) is 68.3 cm³/mol. The van der Waals surface area contributed by atoms with Gasteiger partial charge in [0.25, 0.3) is 0 Å². The lowest BCUT2D eigenvalue weighted by atomic mass is 10.1. The maximum Gasteiger partial charge on any atom is 0.327 e. The topological polar surface area (TPSA) is 73.0 Å². The van der Waals surface area contributed by atoms with Crippen LogP contribution in [0.3, 0.4) is 0 Å². The number of hydrogen-bond acceptors (Lipinski definition) is 4. The highest BCUT2D eigenvalue weighted by atomic mass is 19.1. The predicted octanol–water partition coefficient (Wildman–Crippen LogP) is 2.39. The summed E-state index contributed by atoms with van der Waals surface area (Å²) in [7, 11) is 1.78. The standard InChI is InChI=1S/C12H13FN4O2/c1-8-3-4-10(12(11(8)13)17(18)19)14-7-9-5-6-16(2)15-9/h3-6,14H,7H2,1-2H3. The van der Waals surface area contributed by atoms with Crippen molar-refractivity contribution in [2.24, 2.45) is 7.05 Å². The van der Waals surface area contributed by atoms with Crippen LogP contribution >= 0.6 is 0 Å². The van der Waals surface area contributed by atoms with Crippen LogP contribution in [0.1, 0.15) is 11.3 Å². The van der Waals surface area contributed by atoms with Gasteiger partial charge in [0, 0.05) is 13.2 Å². The molecule has 0 amide bonds. The Bertz CT molecular complexity index is 624. The molecule has 0 fully saturated rings. The maximum absolute atomic E-state index is 13.7. The van der Waals surface area contributed by atoms with E-state index in [9.17, 15) is 14.5 Å². The molecule has 1 heterocycles. The average Bonchev–Trinajstić information content (AvgIpc) is 2.76. The number of hydrogen-bond donors (Lipinski definition) is 1. The first kappa shape index (κ1) is 13.0. The number of nitrogens with one attached hydrogen (secondary N) is 1. The zero-order valence-electron chi connectivity index (χ0n) is 10.6. The Kier molecular flexibility index (Phi) is 3.46. The number of halogens is 1. The number of aromatic nitrogens is 2. The summed E-state index contributed by atoms with van der Waals surface area (Å²) in [6.45, 7) is 1.79. The van der Waals surface area contributed by atoms with Gasteiger partial charge in [-0.1, -0.05) is 6.07 Å². The molecule has 1 N–H and O–H groups in total. The van der Waals surface area contributed by atoms with Gasteiger partial charge in [0.1, 0.15) is 5.69 Å². The van der Waals surface area contributed by atoms with Gasteiger partial charge in [0.15, 0.2) is 0 Å². The van der Waals surface area contributed by atoms with Crippen molar-refractivity contribution in [3.8, 4) is 0 Å². The summed E-state index contributed by atoms with van der Waals surface area (Å²) in [5.41, 5.74) is 0.586. The minimum absolute atomic E-state index is 0.152.